The van der Waals surface area contributed by atoms with Crippen molar-refractivity contribution in [2.24, 2.45) is 0 Å². The quantitative estimate of drug-likeness (QED) is 0.642. The average Bonchev–Trinajstić information content (AvgIpc) is 3.04. The summed E-state index contributed by atoms with van der Waals surface area (Å²) in [7, 11) is 1.66. The van der Waals surface area contributed by atoms with Crippen LogP contribution in [0.15, 0.2) is 42.5 Å². The molecule has 1 N–H and O–H groups in total. The fraction of sp³-hybridized carbons (Fsp3) is 0.407. The summed E-state index contributed by atoms with van der Waals surface area (Å²) in [6.07, 6.45) is 1.41. The summed E-state index contributed by atoms with van der Waals surface area (Å²) in [6.45, 7) is 4.09. The highest BCUT2D eigenvalue weighted by molar-refractivity contribution is 6.06. The number of carbonyl (C=O) groups is 4. The van der Waals surface area contributed by atoms with E-state index in [1.165, 1.54) is 10.5 Å². The van der Waals surface area contributed by atoms with E-state index in [9.17, 15) is 19.2 Å². The summed E-state index contributed by atoms with van der Waals surface area (Å²) in [5, 5.41) is 2.31. The van der Waals surface area contributed by atoms with Gasteiger partial charge in [0.2, 0.25) is 11.8 Å². The Morgan fingerprint density at radius 3 is 2.58 bits per heavy atom. The molecule has 1 atom stereocenters. The largest absolute Gasteiger partial charge is 0.497 e. The maximum atomic E-state index is 13.3. The Morgan fingerprint density at radius 2 is 1.83 bits per heavy atom. The molecule has 0 bridgehead atoms. The Hall–Kier alpha value is -3.72. The van der Waals surface area contributed by atoms with Gasteiger partial charge >= 0.3 is 0 Å². The lowest BCUT2D eigenvalue weighted by Gasteiger charge is -2.29. The molecule has 2 aromatic rings. The summed E-state index contributed by atoms with van der Waals surface area (Å²) in [6, 6.07) is 12.6. The van der Waals surface area contributed by atoms with E-state index in [2.05, 4.69) is 22.3 Å². The maximum Gasteiger partial charge on any atom is 0.255 e. The Bertz CT molecular complexity index is 1200. The Morgan fingerprint density at radius 1 is 1.03 bits per heavy atom. The number of benzene rings is 2. The minimum Gasteiger partial charge on any atom is -0.497 e. The van der Waals surface area contributed by atoms with Crippen LogP contribution in [0.4, 0.5) is 0 Å². The number of imide groups is 1. The number of nitrogens with zero attached hydrogens (tertiary/aromatic N) is 3. The molecule has 3 aliphatic heterocycles. The van der Waals surface area contributed by atoms with Crippen LogP contribution in [0.3, 0.4) is 0 Å². The van der Waals surface area contributed by atoms with Crippen LogP contribution >= 0.6 is 0 Å². The van der Waals surface area contributed by atoms with Crippen molar-refractivity contribution in [2.45, 2.75) is 38.4 Å². The van der Waals surface area contributed by atoms with E-state index in [0.29, 0.717) is 30.6 Å². The molecule has 2 saturated heterocycles. The van der Waals surface area contributed by atoms with Gasteiger partial charge in [0.1, 0.15) is 11.8 Å². The molecule has 3 aliphatic rings. The van der Waals surface area contributed by atoms with Crippen LogP contribution in [0.2, 0.25) is 0 Å². The lowest BCUT2D eigenvalue weighted by Crippen LogP contribution is -2.52. The second-order valence-electron chi connectivity index (χ2n) is 9.54. The smallest absolute Gasteiger partial charge is 0.255 e. The van der Waals surface area contributed by atoms with Gasteiger partial charge in [-0.1, -0.05) is 12.1 Å². The van der Waals surface area contributed by atoms with E-state index in [4.69, 9.17) is 4.74 Å². The van der Waals surface area contributed by atoms with Crippen molar-refractivity contribution >= 4 is 23.6 Å². The summed E-state index contributed by atoms with van der Waals surface area (Å²) >= 11 is 0. The molecule has 9 nitrogen and oxygen atoms in total. The molecule has 4 amide bonds. The number of piperidine rings is 1. The first kappa shape index (κ1) is 24.0. The Balaban J connectivity index is 1.22. The number of hydrogen-bond donors (Lipinski definition) is 1. The highest BCUT2D eigenvalue weighted by atomic mass is 16.5. The van der Waals surface area contributed by atoms with Crippen LogP contribution in [-0.4, -0.2) is 77.7 Å². The van der Waals surface area contributed by atoms with Gasteiger partial charge in [-0.25, -0.2) is 0 Å². The van der Waals surface area contributed by atoms with Crippen LogP contribution in [0.5, 0.6) is 5.75 Å². The summed E-state index contributed by atoms with van der Waals surface area (Å²) < 4.78 is 5.23. The molecule has 0 spiro atoms. The molecule has 9 heteroatoms. The van der Waals surface area contributed by atoms with Crippen molar-refractivity contribution in [3.05, 3.63) is 64.7 Å². The molecule has 3 heterocycles. The van der Waals surface area contributed by atoms with E-state index < -0.39 is 11.9 Å². The second-order valence-corrected chi connectivity index (χ2v) is 9.54. The number of hydrogen-bond acceptors (Lipinski definition) is 6. The van der Waals surface area contributed by atoms with Gasteiger partial charge < -0.3 is 14.5 Å². The maximum absolute atomic E-state index is 13.3. The van der Waals surface area contributed by atoms with E-state index in [1.807, 2.05) is 17.0 Å². The van der Waals surface area contributed by atoms with Gasteiger partial charge in [0.05, 0.1) is 7.11 Å². The highest BCUT2D eigenvalue weighted by Gasteiger charge is 2.39. The first-order valence-corrected chi connectivity index (χ1v) is 12.3. The van der Waals surface area contributed by atoms with Gasteiger partial charge in [-0.3, -0.25) is 29.4 Å². The second kappa shape index (κ2) is 10.1. The van der Waals surface area contributed by atoms with E-state index in [0.717, 1.165) is 37.4 Å². The van der Waals surface area contributed by atoms with Crippen LogP contribution in [0, 0.1) is 0 Å². The van der Waals surface area contributed by atoms with Crippen molar-refractivity contribution in [3.63, 3.8) is 0 Å². The van der Waals surface area contributed by atoms with Crippen molar-refractivity contribution in [1.82, 2.24) is 20.0 Å². The van der Waals surface area contributed by atoms with Crippen LogP contribution in [0.25, 0.3) is 0 Å². The molecule has 0 radical (unpaired) electrons. The van der Waals surface area contributed by atoms with E-state index in [-0.39, 0.29) is 30.7 Å². The fourth-order valence-electron chi connectivity index (χ4n) is 5.21. The number of ether oxygens (including phenoxy) is 1. The minimum absolute atomic E-state index is 0.0454. The number of carbonyl (C=O) groups excluding carboxylic acids is 4. The zero-order chi connectivity index (χ0) is 25.2. The third-order valence-electron chi connectivity index (χ3n) is 7.21. The first-order valence-electron chi connectivity index (χ1n) is 12.3. The molecule has 5 rings (SSSR count). The number of rotatable bonds is 5. The van der Waals surface area contributed by atoms with Gasteiger partial charge in [0.15, 0.2) is 0 Å². The first-order chi connectivity index (χ1) is 17.4. The third kappa shape index (κ3) is 4.83. The van der Waals surface area contributed by atoms with Crippen molar-refractivity contribution in [1.29, 1.82) is 0 Å². The van der Waals surface area contributed by atoms with Gasteiger partial charge in [-0.05, 0) is 54.3 Å². The van der Waals surface area contributed by atoms with Crippen LogP contribution < -0.4 is 10.1 Å². The van der Waals surface area contributed by atoms with Crippen LogP contribution in [0.1, 0.15) is 51.1 Å². The molecule has 36 heavy (non-hydrogen) atoms. The predicted molar refractivity (Wildman–Crippen MR) is 131 cm³/mol. The summed E-state index contributed by atoms with van der Waals surface area (Å²) in [5.74, 6) is -0.193. The molecule has 0 saturated carbocycles. The zero-order valence-corrected chi connectivity index (χ0v) is 20.4. The van der Waals surface area contributed by atoms with Gasteiger partial charge in [-0.15, -0.1) is 0 Å². The van der Waals surface area contributed by atoms with Crippen molar-refractivity contribution in [2.75, 3.05) is 33.3 Å². The minimum atomic E-state index is -0.663. The molecule has 0 aromatic heterocycles. The molecular formula is C27H30N4O5. The van der Waals surface area contributed by atoms with Gasteiger partial charge in [0.25, 0.3) is 11.8 Å². The fourth-order valence-corrected chi connectivity index (χ4v) is 5.21. The summed E-state index contributed by atoms with van der Waals surface area (Å²) in [5.41, 5.74) is 3.01. The summed E-state index contributed by atoms with van der Waals surface area (Å²) in [4.78, 5) is 55.8. The SMILES string of the molecule is COc1ccc(CN2CCCN(C(=O)c3ccc4c(c3)CN(C3CCC(=O)NC3=O)C4=O)CC2)cc1. The Labute approximate surface area is 210 Å². The molecular weight excluding hydrogens is 460 g/mol. The van der Waals surface area contributed by atoms with E-state index in [1.54, 1.807) is 25.3 Å². The molecule has 1 unspecified atom stereocenters. The van der Waals surface area contributed by atoms with E-state index >= 15 is 0 Å². The van der Waals surface area contributed by atoms with Crippen molar-refractivity contribution < 1.29 is 23.9 Å². The highest BCUT2D eigenvalue weighted by Crippen LogP contribution is 2.28. The number of amides is 4. The van der Waals surface area contributed by atoms with Crippen LogP contribution in [-0.2, 0) is 22.7 Å². The topological polar surface area (TPSA) is 99.3 Å². The molecule has 188 valence electrons. The average molecular weight is 491 g/mol. The molecule has 0 aliphatic carbocycles. The predicted octanol–water partition coefficient (Wildman–Crippen LogP) is 1.80. The standard InChI is InChI=1S/C27H30N4O5/c1-36-21-6-3-18(4-7-21)16-29-11-2-12-30(14-13-29)26(34)19-5-8-22-20(15-19)17-31(27(22)35)23-9-10-24(32)28-25(23)33/h3-8,15,23H,2,9-14,16-17H2,1H3,(H,28,32,33). The Kier molecular flexibility index (Phi) is 6.73. The number of nitrogens with one attached hydrogen (secondary N) is 1. The van der Waals surface area contributed by atoms with Gasteiger partial charge in [-0.2, -0.15) is 0 Å². The van der Waals surface area contributed by atoms with Crippen molar-refractivity contribution in [3.8, 4) is 5.75 Å². The molecule has 2 aromatic carbocycles. The molecule has 2 fully saturated rings. The van der Waals surface area contributed by atoms with Gasteiger partial charge in [0, 0.05) is 56.8 Å². The lowest BCUT2D eigenvalue weighted by atomic mass is 10.0. The lowest BCUT2D eigenvalue weighted by molar-refractivity contribution is -0.136. The monoisotopic (exact) mass is 490 g/mol. The number of fused-ring (bicyclic) bond motifs is 1. The number of methoxy groups -OCH3 is 1. The zero-order valence-electron chi connectivity index (χ0n) is 20.4. The third-order valence-corrected chi connectivity index (χ3v) is 7.21. The normalized spacial score (nSPS) is 20.7.